The van der Waals surface area contributed by atoms with E-state index in [1.165, 1.54) is 103 Å². The highest BCUT2D eigenvalue weighted by Crippen LogP contribution is 2.23. The third-order valence-electron chi connectivity index (χ3n) is 8.42. The average molecular weight is 554 g/mol. The standard InChI is InChI=1S/C33H67N3O3/c1-6-8-14-19-31(20-15-9-7-2)21-18-24-35(5)29-38-26-17-13-11-10-12-16-25-36-28-32(27-30(36)3)39-33(37)22-23-34-4/h30-32,34H,6-29H2,1-5H3/t30-,32+/m1/s1. The second-order valence-corrected chi connectivity index (χ2v) is 12.3. The maximum atomic E-state index is 11.9. The van der Waals surface area contributed by atoms with Crippen LogP contribution in [-0.4, -0.2) is 81.5 Å². The highest BCUT2D eigenvalue weighted by atomic mass is 16.5. The van der Waals surface area contributed by atoms with Crippen LogP contribution in [-0.2, 0) is 14.3 Å². The third kappa shape index (κ3) is 19.9. The molecule has 0 radical (unpaired) electrons. The van der Waals surface area contributed by atoms with Crippen LogP contribution in [0, 0.1) is 5.92 Å². The van der Waals surface area contributed by atoms with Crippen molar-refractivity contribution in [1.82, 2.24) is 15.1 Å². The normalized spacial score (nSPS) is 18.0. The fraction of sp³-hybridized carbons (Fsp3) is 0.970. The number of carbonyl (C=O) groups excluding carboxylic acids is 1. The Bertz CT molecular complexity index is 552. The van der Waals surface area contributed by atoms with Crippen molar-refractivity contribution in [3.05, 3.63) is 0 Å². The van der Waals surface area contributed by atoms with Crippen LogP contribution in [0.5, 0.6) is 0 Å². The highest BCUT2D eigenvalue weighted by molar-refractivity contribution is 5.69. The van der Waals surface area contributed by atoms with Gasteiger partial charge in [0.2, 0.25) is 0 Å². The van der Waals surface area contributed by atoms with Gasteiger partial charge < -0.3 is 14.8 Å². The number of nitrogens with zero attached hydrogens (tertiary/aromatic N) is 2. The summed E-state index contributed by atoms with van der Waals surface area (Å²) >= 11 is 0. The first-order valence-corrected chi connectivity index (χ1v) is 16.8. The molecule has 0 amide bonds. The fourth-order valence-corrected chi connectivity index (χ4v) is 5.87. The minimum absolute atomic E-state index is 0.0708. The Morgan fingerprint density at radius 2 is 1.56 bits per heavy atom. The summed E-state index contributed by atoms with van der Waals surface area (Å²) in [5, 5.41) is 3.01. The van der Waals surface area contributed by atoms with Crippen molar-refractivity contribution < 1.29 is 14.3 Å². The number of hydrogen-bond donors (Lipinski definition) is 1. The minimum atomic E-state index is -0.0708. The second-order valence-electron chi connectivity index (χ2n) is 12.3. The molecule has 1 N–H and O–H groups in total. The van der Waals surface area contributed by atoms with Crippen LogP contribution in [0.3, 0.4) is 0 Å². The van der Waals surface area contributed by atoms with Crippen molar-refractivity contribution in [1.29, 1.82) is 0 Å². The van der Waals surface area contributed by atoms with Gasteiger partial charge in [-0.25, -0.2) is 0 Å². The zero-order valence-electron chi connectivity index (χ0n) is 26.8. The van der Waals surface area contributed by atoms with E-state index in [1.807, 2.05) is 7.05 Å². The monoisotopic (exact) mass is 554 g/mol. The molecular formula is C33H67N3O3. The number of nitrogens with one attached hydrogen (secondary N) is 1. The van der Waals surface area contributed by atoms with Crippen LogP contribution < -0.4 is 5.32 Å². The Morgan fingerprint density at radius 1 is 0.923 bits per heavy atom. The van der Waals surface area contributed by atoms with E-state index in [-0.39, 0.29) is 12.1 Å². The molecule has 0 aromatic rings. The first-order valence-electron chi connectivity index (χ1n) is 16.8. The Hall–Kier alpha value is -0.690. The SMILES string of the molecule is CCCCCC(CCCCC)CCCN(C)COCCCCCCCCN1C[C@@H](OC(=O)CCNC)C[C@H]1C. The van der Waals surface area contributed by atoms with E-state index in [2.05, 4.69) is 42.9 Å². The van der Waals surface area contributed by atoms with Gasteiger partial charge in [0, 0.05) is 32.2 Å². The van der Waals surface area contributed by atoms with Crippen molar-refractivity contribution in [3.63, 3.8) is 0 Å². The Kier molecular flexibility index (Phi) is 23.3. The lowest BCUT2D eigenvalue weighted by molar-refractivity contribution is -0.148. The minimum Gasteiger partial charge on any atom is -0.461 e. The number of likely N-dealkylation sites (tertiary alicyclic amines) is 1. The van der Waals surface area contributed by atoms with Crippen LogP contribution in [0.2, 0.25) is 0 Å². The maximum absolute atomic E-state index is 11.9. The maximum Gasteiger partial charge on any atom is 0.307 e. The molecule has 0 unspecified atom stereocenters. The third-order valence-corrected chi connectivity index (χ3v) is 8.42. The van der Waals surface area contributed by atoms with Crippen molar-refractivity contribution in [3.8, 4) is 0 Å². The van der Waals surface area contributed by atoms with Crippen LogP contribution in [0.25, 0.3) is 0 Å². The Morgan fingerprint density at radius 3 is 2.23 bits per heavy atom. The van der Waals surface area contributed by atoms with E-state index in [1.54, 1.807) is 0 Å². The van der Waals surface area contributed by atoms with Crippen molar-refractivity contribution >= 4 is 5.97 Å². The summed E-state index contributed by atoms with van der Waals surface area (Å²) in [5.74, 6) is 0.865. The van der Waals surface area contributed by atoms with Gasteiger partial charge in [-0.3, -0.25) is 14.6 Å². The summed E-state index contributed by atoms with van der Waals surface area (Å²) < 4.78 is 11.6. The number of hydrogen-bond acceptors (Lipinski definition) is 6. The Balaban J connectivity index is 1.97. The highest BCUT2D eigenvalue weighted by Gasteiger charge is 2.30. The molecule has 6 heteroatoms. The van der Waals surface area contributed by atoms with Crippen LogP contribution >= 0.6 is 0 Å². The second kappa shape index (κ2) is 25.1. The van der Waals surface area contributed by atoms with Gasteiger partial charge in [0.15, 0.2) is 0 Å². The number of esters is 1. The summed E-state index contributed by atoms with van der Waals surface area (Å²) in [7, 11) is 4.07. The van der Waals surface area contributed by atoms with Gasteiger partial charge in [-0.2, -0.15) is 0 Å². The molecule has 1 rings (SSSR count). The fourth-order valence-electron chi connectivity index (χ4n) is 5.87. The molecule has 1 aliphatic rings. The van der Waals surface area contributed by atoms with E-state index in [9.17, 15) is 4.79 Å². The summed E-state index contributed by atoms with van der Waals surface area (Å²) in [6, 6.07) is 0.514. The molecule has 39 heavy (non-hydrogen) atoms. The average Bonchev–Trinajstić information content (AvgIpc) is 3.26. The quantitative estimate of drug-likeness (QED) is 0.0649. The van der Waals surface area contributed by atoms with Crippen molar-refractivity contribution in [2.24, 2.45) is 5.92 Å². The van der Waals surface area contributed by atoms with Gasteiger partial charge in [0.25, 0.3) is 0 Å². The van der Waals surface area contributed by atoms with Crippen LogP contribution in [0.4, 0.5) is 0 Å². The predicted octanol–water partition coefficient (Wildman–Crippen LogP) is 7.41. The van der Waals surface area contributed by atoms with E-state index in [0.717, 1.165) is 45.3 Å². The first-order chi connectivity index (χ1) is 19.0. The smallest absolute Gasteiger partial charge is 0.307 e. The largest absolute Gasteiger partial charge is 0.461 e. The van der Waals surface area contributed by atoms with E-state index in [0.29, 0.717) is 19.0 Å². The molecular weight excluding hydrogens is 486 g/mol. The summed E-state index contributed by atoms with van der Waals surface area (Å²) in [5.41, 5.74) is 0. The molecule has 0 aromatic heterocycles. The van der Waals surface area contributed by atoms with Crippen molar-refractivity contribution in [2.45, 2.75) is 148 Å². The summed E-state index contributed by atoms with van der Waals surface area (Å²) in [6.45, 7) is 12.4. The lowest BCUT2D eigenvalue weighted by Crippen LogP contribution is -2.29. The lowest BCUT2D eigenvalue weighted by atomic mass is 9.91. The van der Waals surface area contributed by atoms with E-state index in [4.69, 9.17) is 9.47 Å². The van der Waals surface area contributed by atoms with Gasteiger partial charge >= 0.3 is 5.97 Å². The molecule has 0 aliphatic carbocycles. The molecule has 0 aromatic carbocycles. The van der Waals surface area contributed by atoms with Gasteiger partial charge in [-0.1, -0.05) is 90.9 Å². The number of ether oxygens (including phenoxy) is 2. The van der Waals surface area contributed by atoms with Gasteiger partial charge in [0.1, 0.15) is 6.10 Å². The topological polar surface area (TPSA) is 54.0 Å². The molecule has 1 saturated heterocycles. The molecule has 2 atom stereocenters. The van der Waals surface area contributed by atoms with Crippen molar-refractivity contribution in [2.75, 3.05) is 53.6 Å². The molecule has 232 valence electrons. The summed E-state index contributed by atoms with van der Waals surface area (Å²) in [6.07, 6.45) is 23.0. The number of rotatable bonds is 27. The zero-order valence-corrected chi connectivity index (χ0v) is 26.8. The van der Waals surface area contributed by atoms with Gasteiger partial charge in [-0.15, -0.1) is 0 Å². The molecule has 0 saturated carbocycles. The molecule has 1 aliphatic heterocycles. The van der Waals surface area contributed by atoms with Crippen LogP contribution in [0.1, 0.15) is 136 Å². The predicted molar refractivity (Wildman–Crippen MR) is 166 cm³/mol. The molecule has 6 nitrogen and oxygen atoms in total. The van der Waals surface area contributed by atoms with Gasteiger partial charge in [0.05, 0.1) is 13.2 Å². The van der Waals surface area contributed by atoms with Crippen LogP contribution in [0.15, 0.2) is 0 Å². The van der Waals surface area contributed by atoms with Gasteiger partial charge in [-0.05, 0) is 65.7 Å². The molecule has 0 spiro atoms. The first kappa shape index (κ1) is 36.3. The number of carbonyl (C=O) groups is 1. The summed E-state index contributed by atoms with van der Waals surface area (Å²) in [4.78, 5) is 16.7. The number of unbranched alkanes of at least 4 members (excludes halogenated alkanes) is 9. The van der Waals surface area contributed by atoms with E-state index < -0.39 is 0 Å². The molecule has 1 fully saturated rings. The lowest BCUT2D eigenvalue weighted by Gasteiger charge is -2.20. The zero-order chi connectivity index (χ0) is 28.6. The Labute approximate surface area is 243 Å². The molecule has 0 bridgehead atoms. The molecule has 1 heterocycles. The van der Waals surface area contributed by atoms with E-state index >= 15 is 0 Å².